The zero-order valence-electron chi connectivity index (χ0n) is 17.0. The van der Waals surface area contributed by atoms with E-state index in [2.05, 4.69) is 30.7 Å². The van der Waals surface area contributed by atoms with Crippen molar-refractivity contribution in [3.63, 3.8) is 0 Å². The van der Waals surface area contributed by atoms with E-state index in [1.165, 1.54) is 0 Å². The monoisotopic (exact) mass is 436 g/mol. The van der Waals surface area contributed by atoms with Crippen LogP contribution in [0.25, 0.3) is 22.4 Å². The number of aryl methyl sites for hydroxylation is 1. The second-order valence-electron chi connectivity index (χ2n) is 8.08. The Morgan fingerprint density at radius 2 is 2.03 bits per heavy atom. The summed E-state index contributed by atoms with van der Waals surface area (Å²) in [6.45, 7) is 1.86. The third kappa shape index (κ3) is 3.36. The molecule has 3 aromatic heterocycles. The highest BCUT2D eigenvalue weighted by atomic mass is 35.5. The molecular formula is C22H21ClN6O2. The van der Waals surface area contributed by atoms with Crippen LogP contribution in [0.3, 0.4) is 0 Å². The Morgan fingerprint density at radius 1 is 1.16 bits per heavy atom. The van der Waals surface area contributed by atoms with Gasteiger partial charge in [0.25, 0.3) is 5.89 Å². The number of hydrogen-bond acceptors (Lipinski definition) is 7. The van der Waals surface area contributed by atoms with Crippen molar-refractivity contribution in [2.45, 2.75) is 24.9 Å². The smallest absolute Gasteiger partial charge is 0.257 e. The van der Waals surface area contributed by atoms with Crippen molar-refractivity contribution < 1.29 is 9.26 Å². The molecule has 1 atom stereocenters. The van der Waals surface area contributed by atoms with Crippen LogP contribution in [0.5, 0.6) is 0 Å². The summed E-state index contributed by atoms with van der Waals surface area (Å²) in [5, 5.41) is 4.69. The molecule has 6 rings (SSSR count). The fraction of sp³-hybridized carbons (Fsp3) is 0.364. The van der Waals surface area contributed by atoms with Gasteiger partial charge in [-0.2, -0.15) is 4.98 Å². The predicted octanol–water partition coefficient (Wildman–Crippen LogP) is 4.13. The van der Waals surface area contributed by atoms with Crippen LogP contribution in [0.4, 0.5) is 5.82 Å². The van der Waals surface area contributed by atoms with E-state index < -0.39 is 0 Å². The molecule has 158 valence electrons. The first kappa shape index (κ1) is 18.8. The lowest BCUT2D eigenvalue weighted by Gasteiger charge is -2.32. The van der Waals surface area contributed by atoms with Crippen molar-refractivity contribution in [1.82, 2.24) is 24.7 Å². The largest absolute Gasteiger partial charge is 0.365 e. The fourth-order valence-corrected chi connectivity index (χ4v) is 4.24. The van der Waals surface area contributed by atoms with Crippen molar-refractivity contribution in [2.75, 3.05) is 24.6 Å². The van der Waals surface area contributed by atoms with Crippen molar-refractivity contribution in [2.24, 2.45) is 7.05 Å². The summed E-state index contributed by atoms with van der Waals surface area (Å²) in [5.41, 5.74) is 2.84. The van der Waals surface area contributed by atoms with Gasteiger partial charge in [-0.05, 0) is 31.0 Å². The standard InChI is InChI=1S/C22H21ClN6O2/c1-28-17-5-3-2-4-16(17)25-21(28)14-10-19(24-11-15(14)23)29-8-9-30-18(12-29)22-26-20(27-31-22)13-6-7-13/h2-5,10-11,13,18H,6-9,12H2,1H3. The van der Waals surface area contributed by atoms with Crippen molar-refractivity contribution in [1.29, 1.82) is 0 Å². The van der Waals surface area contributed by atoms with Crippen molar-refractivity contribution in [3.8, 4) is 11.4 Å². The number of aromatic nitrogens is 5. The van der Waals surface area contributed by atoms with Crippen molar-refractivity contribution in [3.05, 3.63) is 53.3 Å². The molecule has 0 N–H and O–H groups in total. The zero-order valence-corrected chi connectivity index (χ0v) is 17.8. The van der Waals surface area contributed by atoms with Crippen LogP contribution < -0.4 is 4.90 Å². The average Bonchev–Trinajstić information content (AvgIpc) is 3.44. The molecule has 0 bridgehead atoms. The summed E-state index contributed by atoms with van der Waals surface area (Å²) < 4.78 is 13.5. The fourth-order valence-electron chi connectivity index (χ4n) is 4.05. The maximum atomic E-state index is 6.54. The first-order chi connectivity index (χ1) is 15.2. The molecule has 1 aliphatic carbocycles. The van der Waals surface area contributed by atoms with Crippen molar-refractivity contribution >= 4 is 28.5 Å². The Morgan fingerprint density at radius 3 is 2.87 bits per heavy atom. The Balaban J connectivity index is 1.31. The van der Waals surface area contributed by atoms with E-state index in [4.69, 9.17) is 25.8 Å². The van der Waals surface area contributed by atoms with Crippen LogP contribution in [0.2, 0.25) is 5.02 Å². The third-order valence-electron chi connectivity index (χ3n) is 5.93. The lowest BCUT2D eigenvalue weighted by Crippen LogP contribution is -2.39. The molecule has 1 saturated carbocycles. The van der Waals surface area contributed by atoms with Crippen LogP contribution >= 0.6 is 11.6 Å². The first-order valence-electron chi connectivity index (χ1n) is 10.4. The number of anilines is 1. The molecule has 0 amide bonds. The average molecular weight is 437 g/mol. The zero-order chi connectivity index (χ0) is 20.9. The summed E-state index contributed by atoms with van der Waals surface area (Å²) in [6, 6.07) is 10.0. The minimum Gasteiger partial charge on any atom is -0.365 e. The molecule has 2 fully saturated rings. The van der Waals surface area contributed by atoms with Crippen LogP contribution in [-0.4, -0.2) is 44.4 Å². The molecule has 1 aliphatic heterocycles. The lowest BCUT2D eigenvalue weighted by molar-refractivity contribution is 0.0184. The lowest BCUT2D eigenvalue weighted by atomic mass is 10.2. The van der Waals surface area contributed by atoms with Gasteiger partial charge < -0.3 is 18.7 Å². The SMILES string of the molecule is Cn1c(-c2cc(N3CCOC(c4nc(C5CC5)no4)C3)ncc2Cl)nc2ccccc21. The normalized spacial score (nSPS) is 19.3. The highest BCUT2D eigenvalue weighted by molar-refractivity contribution is 6.33. The number of pyridine rings is 1. The topological polar surface area (TPSA) is 82.1 Å². The number of para-hydroxylation sites is 2. The third-order valence-corrected chi connectivity index (χ3v) is 6.24. The highest BCUT2D eigenvalue weighted by Gasteiger charge is 2.32. The van der Waals surface area contributed by atoms with Gasteiger partial charge in [-0.1, -0.05) is 28.9 Å². The number of fused-ring (bicyclic) bond motifs is 1. The molecule has 1 unspecified atom stereocenters. The quantitative estimate of drug-likeness (QED) is 0.475. The van der Waals surface area contributed by atoms with E-state index in [1.807, 2.05) is 31.3 Å². The van der Waals surface area contributed by atoms with Crippen LogP contribution in [0.15, 0.2) is 41.1 Å². The molecular weight excluding hydrogens is 416 g/mol. The van der Waals surface area contributed by atoms with E-state index in [1.54, 1.807) is 6.20 Å². The number of imidazole rings is 1. The number of rotatable bonds is 4. The molecule has 1 aromatic carbocycles. The summed E-state index contributed by atoms with van der Waals surface area (Å²) in [5.74, 6) is 3.42. The van der Waals surface area contributed by atoms with Gasteiger partial charge >= 0.3 is 0 Å². The molecule has 4 aromatic rings. The number of hydrogen-bond donors (Lipinski definition) is 0. The number of benzene rings is 1. The van der Waals surface area contributed by atoms with Gasteiger partial charge in [0.2, 0.25) is 0 Å². The molecule has 8 nitrogen and oxygen atoms in total. The highest BCUT2D eigenvalue weighted by Crippen LogP contribution is 2.39. The molecule has 9 heteroatoms. The number of ether oxygens (including phenoxy) is 1. The van der Waals surface area contributed by atoms with Gasteiger partial charge in [0.1, 0.15) is 11.6 Å². The maximum absolute atomic E-state index is 6.54. The van der Waals surface area contributed by atoms with Crippen LogP contribution in [-0.2, 0) is 11.8 Å². The van der Waals surface area contributed by atoms with E-state index in [9.17, 15) is 0 Å². The minimum atomic E-state index is -0.273. The second kappa shape index (κ2) is 7.32. The van der Waals surface area contributed by atoms with Gasteiger partial charge in [-0.3, -0.25) is 0 Å². The Bertz CT molecular complexity index is 1260. The Labute approximate surface area is 183 Å². The summed E-state index contributed by atoms with van der Waals surface area (Å²) in [6.07, 6.45) is 3.69. The molecule has 31 heavy (non-hydrogen) atoms. The minimum absolute atomic E-state index is 0.273. The number of halogens is 1. The van der Waals surface area contributed by atoms with E-state index in [-0.39, 0.29) is 6.10 Å². The van der Waals surface area contributed by atoms with E-state index >= 15 is 0 Å². The predicted molar refractivity (Wildman–Crippen MR) is 116 cm³/mol. The molecule has 0 radical (unpaired) electrons. The van der Waals surface area contributed by atoms with E-state index in [0.717, 1.165) is 53.4 Å². The number of nitrogens with zero attached hydrogens (tertiary/aromatic N) is 6. The van der Waals surface area contributed by atoms with Gasteiger partial charge in [0.15, 0.2) is 11.9 Å². The second-order valence-corrected chi connectivity index (χ2v) is 8.48. The van der Waals surface area contributed by atoms with Gasteiger partial charge in [-0.15, -0.1) is 0 Å². The van der Waals surface area contributed by atoms with Crippen LogP contribution in [0.1, 0.15) is 36.6 Å². The number of morpholine rings is 1. The first-order valence-corrected chi connectivity index (χ1v) is 10.8. The summed E-state index contributed by atoms with van der Waals surface area (Å²) in [4.78, 5) is 16.1. The van der Waals surface area contributed by atoms with E-state index in [0.29, 0.717) is 30.0 Å². The molecule has 0 spiro atoms. The van der Waals surface area contributed by atoms with Gasteiger partial charge in [-0.25, -0.2) is 9.97 Å². The summed E-state index contributed by atoms with van der Waals surface area (Å²) in [7, 11) is 2.00. The molecule has 1 saturated heterocycles. The molecule has 2 aliphatic rings. The summed E-state index contributed by atoms with van der Waals surface area (Å²) >= 11 is 6.54. The van der Waals surface area contributed by atoms with Crippen LogP contribution in [0, 0.1) is 0 Å². The van der Waals surface area contributed by atoms with Gasteiger partial charge in [0, 0.05) is 31.3 Å². The Hall–Kier alpha value is -2.97. The molecule has 4 heterocycles. The van der Waals surface area contributed by atoms with Gasteiger partial charge in [0.05, 0.1) is 29.2 Å². The maximum Gasteiger partial charge on any atom is 0.257 e. The Kier molecular flexibility index (Phi) is 4.43.